The highest BCUT2D eigenvalue weighted by atomic mass is 16.7. The zero-order valence-corrected chi connectivity index (χ0v) is 6.88. The van der Waals surface area contributed by atoms with Crippen LogP contribution in [0.5, 0.6) is 0 Å². The van der Waals surface area contributed by atoms with E-state index in [0.29, 0.717) is 5.92 Å². The maximum atomic E-state index is 5.47. The Morgan fingerprint density at radius 1 is 1.45 bits per heavy atom. The molecule has 0 unspecified atom stereocenters. The van der Waals surface area contributed by atoms with Crippen molar-refractivity contribution in [1.29, 1.82) is 0 Å². The molecule has 2 atom stereocenters. The first-order valence-corrected chi connectivity index (χ1v) is 4.30. The molecule has 0 aromatic heterocycles. The maximum absolute atomic E-state index is 5.47. The van der Waals surface area contributed by atoms with Crippen molar-refractivity contribution < 1.29 is 9.47 Å². The lowest BCUT2D eigenvalue weighted by molar-refractivity contribution is -0.150. The standard InChI is InChI=1S/C9H14O2/c1-2-7-6-11-9-8(7)4-3-5-10-9/h2,8-9H,3-6H2,1H3/b7-2+/t8-,9+/m1/s1. The molecule has 0 radical (unpaired) electrons. The molecule has 0 amide bonds. The van der Waals surface area contributed by atoms with Crippen molar-refractivity contribution in [3.8, 4) is 0 Å². The SMILES string of the molecule is C/C=C1\CO[C@@H]2OCCC[C@H]12. The van der Waals surface area contributed by atoms with Crippen molar-refractivity contribution in [3.63, 3.8) is 0 Å². The van der Waals surface area contributed by atoms with E-state index < -0.39 is 0 Å². The fraction of sp³-hybridized carbons (Fsp3) is 0.778. The first-order valence-electron chi connectivity index (χ1n) is 4.30. The number of hydrogen-bond acceptors (Lipinski definition) is 2. The van der Waals surface area contributed by atoms with Gasteiger partial charge in [0.1, 0.15) is 0 Å². The molecule has 0 spiro atoms. The van der Waals surface area contributed by atoms with Crippen LogP contribution in [0, 0.1) is 5.92 Å². The molecule has 0 aromatic rings. The summed E-state index contributed by atoms with van der Waals surface area (Å²) >= 11 is 0. The van der Waals surface area contributed by atoms with Crippen molar-refractivity contribution >= 4 is 0 Å². The molecule has 2 saturated heterocycles. The second kappa shape index (κ2) is 2.95. The van der Waals surface area contributed by atoms with Gasteiger partial charge < -0.3 is 9.47 Å². The summed E-state index contributed by atoms with van der Waals surface area (Å²) in [6.07, 6.45) is 4.67. The molecule has 2 aliphatic rings. The molecular formula is C9H14O2. The lowest BCUT2D eigenvalue weighted by Crippen LogP contribution is -2.26. The molecule has 0 bridgehead atoms. The second-order valence-electron chi connectivity index (χ2n) is 3.16. The Balaban J connectivity index is 2.10. The molecule has 0 aromatic carbocycles. The summed E-state index contributed by atoms with van der Waals surface area (Å²) in [4.78, 5) is 0. The lowest BCUT2D eigenvalue weighted by Gasteiger charge is -2.24. The molecule has 11 heavy (non-hydrogen) atoms. The number of fused-ring (bicyclic) bond motifs is 1. The van der Waals surface area contributed by atoms with Crippen LogP contribution in [0.25, 0.3) is 0 Å². The van der Waals surface area contributed by atoms with Crippen molar-refractivity contribution in [2.45, 2.75) is 26.1 Å². The number of hydrogen-bond donors (Lipinski definition) is 0. The van der Waals surface area contributed by atoms with Gasteiger partial charge in [-0.15, -0.1) is 0 Å². The molecule has 2 fully saturated rings. The fourth-order valence-corrected chi connectivity index (χ4v) is 1.86. The van der Waals surface area contributed by atoms with Crippen molar-refractivity contribution in [2.24, 2.45) is 5.92 Å². The molecular weight excluding hydrogens is 140 g/mol. The summed E-state index contributed by atoms with van der Waals surface area (Å²) in [5.74, 6) is 0.564. The summed E-state index contributed by atoms with van der Waals surface area (Å²) in [5, 5.41) is 0. The molecule has 2 heterocycles. The Hall–Kier alpha value is -0.340. The van der Waals surface area contributed by atoms with Gasteiger partial charge in [0.25, 0.3) is 0 Å². The largest absolute Gasteiger partial charge is 0.352 e. The van der Waals surface area contributed by atoms with Crippen LogP contribution in [0.15, 0.2) is 11.6 Å². The van der Waals surface area contributed by atoms with Gasteiger partial charge in [0, 0.05) is 12.5 Å². The molecule has 2 aliphatic heterocycles. The Kier molecular flexibility index (Phi) is 1.96. The normalized spacial score (nSPS) is 41.0. The van der Waals surface area contributed by atoms with E-state index in [-0.39, 0.29) is 6.29 Å². The minimum absolute atomic E-state index is 0.0787. The van der Waals surface area contributed by atoms with Crippen LogP contribution in [0.4, 0.5) is 0 Å². The topological polar surface area (TPSA) is 18.5 Å². The summed E-state index contributed by atoms with van der Waals surface area (Å²) in [5.41, 5.74) is 1.43. The molecule has 0 saturated carbocycles. The van der Waals surface area contributed by atoms with Crippen LogP contribution in [-0.2, 0) is 9.47 Å². The van der Waals surface area contributed by atoms with Gasteiger partial charge in [-0.1, -0.05) is 6.08 Å². The van der Waals surface area contributed by atoms with E-state index in [1.165, 1.54) is 18.4 Å². The van der Waals surface area contributed by atoms with Crippen LogP contribution in [0.2, 0.25) is 0 Å². The zero-order chi connectivity index (χ0) is 7.68. The minimum Gasteiger partial charge on any atom is -0.352 e. The van der Waals surface area contributed by atoms with E-state index in [0.717, 1.165) is 13.2 Å². The van der Waals surface area contributed by atoms with Crippen LogP contribution in [-0.4, -0.2) is 19.5 Å². The van der Waals surface area contributed by atoms with E-state index in [1.807, 2.05) is 0 Å². The van der Waals surface area contributed by atoms with Gasteiger partial charge >= 0.3 is 0 Å². The minimum atomic E-state index is 0.0787. The highest BCUT2D eigenvalue weighted by molar-refractivity contribution is 5.11. The van der Waals surface area contributed by atoms with Gasteiger partial charge in [0.2, 0.25) is 0 Å². The number of allylic oxidation sites excluding steroid dienone is 1. The van der Waals surface area contributed by atoms with E-state index in [9.17, 15) is 0 Å². The fourth-order valence-electron chi connectivity index (χ4n) is 1.86. The third-order valence-electron chi connectivity index (χ3n) is 2.53. The third kappa shape index (κ3) is 1.21. The van der Waals surface area contributed by atoms with Gasteiger partial charge in [-0.05, 0) is 25.3 Å². The van der Waals surface area contributed by atoms with Crippen molar-refractivity contribution in [3.05, 3.63) is 11.6 Å². The quantitative estimate of drug-likeness (QED) is 0.494. The number of rotatable bonds is 0. The first kappa shape index (κ1) is 7.32. The molecule has 0 aliphatic carbocycles. The van der Waals surface area contributed by atoms with Crippen LogP contribution >= 0.6 is 0 Å². The average Bonchev–Trinajstić information content (AvgIpc) is 2.47. The summed E-state index contributed by atoms with van der Waals surface area (Å²) in [6, 6.07) is 0. The van der Waals surface area contributed by atoms with Gasteiger partial charge in [0.15, 0.2) is 6.29 Å². The van der Waals surface area contributed by atoms with Gasteiger partial charge in [-0.2, -0.15) is 0 Å². The van der Waals surface area contributed by atoms with Gasteiger partial charge in [-0.3, -0.25) is 0 Å². The Bertz CT molecular complexity index is 174. The van der Waals surface area contributed by atoms with Crippen molar-refractivity contribution in [1.82, 2.24) is 0 Å². The molecule has 2 nitrogen and oxygen atoms in total. The highest BCUT2D eigenvalue weighted by Crippen LogP contribution is 2.33. The predicted octanol–water partition coefficient (Wildman–Crippen LogP) is 1.72. The highest BCUT2D eigenvalue weighted by Gasteiger charge is 2.34. The maximum Gasteiger partial charge on any atom is 0.164 e. The van der Waals surface area contributed by atoms with Gasteiger partial charge in [0.05, 0.1) is 6.61 Å². The summed E-state index contributed by atoms with van der Waals surface area (Å²) in [7, 11) is 0. The van der Waals surface area contributed by atoms with E-state index in [1.54, 1.807) is 0 Å². The third-order valence-corrected chi connectivity index (χ3v) is 2.53. The van der Waals surface area contributed by atoms with Gasteiger partial charge in [-0.25, -0.2) is 0 Å². The van der Waals surface area contributed by atoms with Crippen molar-refractivity contribution in [2.75, 3.05) is 13.2 Å². The Morgan fingerprint density at radius 3 is 3.18 bits per heavy atom. The Labute approximate surface area is 67.2 Å². The smallest absolute Gasteiger partial charge is 0.164 e. The van der Waals surface area contributed by atoms with Crippen LogP contribution < -0.4 is 0 Å². The monoisotopic (exact) mass is 154 g/mol. The van der Waals surface area contributed by atoms with Crippen LogP contribution in [0.1, 0.15) is 19.8 Å². The summed E-state index contributed by atoms with van der Waals surface area (Å²) < 4.78 is 10.9. The predicted molar refractivity (Wildman–Crippen MR) is 42.2 cm³/mol. The molecule has 2 rings (SSSR count). The second-order valence-corrected chi connectivity index (χ2v) is 3.16. The molecule has 2 heteroatoms. The zero-order valence-electron chi connectivity index (χ0n) is 6.88. The van der Waals surface area contributed by atoms with Crippen LogP contribution in [0.3, 0.4) is 0 Å². The average molecular weight is 154 g/mol. The molecule has 62 valence electrons. The summed E-state index contributed by atoms with van der Waals surface area (Å²) in [6.45, 7) is 3.74. The lowest BCUT2D eigenvalue weighted by atomic mass is 9.94. The molecule has 0 N–H and O–H groups in total. The van der Waals surface area contributed by atoms with E-state index in [2.05, 4.69) is 13.0 Å². The first-order chi connectivity index (χ1) is 5.42. The van der Waals surface area contributed by atoms with E-state index >= 15 is 0 Å². The Morgan fingerprint density at radius 2 is 2.36 bits per heavy atom. The number of ether oxygens (including phenoxy) is 2. The van der Waals surface area contributed by atoms with E-state index in [4.69, 9.17) is 9.47 Å².